The van der Waals surface area contributed by atoms with Crippen molar-refractivity contribution in [3.63, 3.8) is 0 Å². The van der Waals surface area contributed by atoms with Crippen LogP contribution in [-0.2, 0) is 0 Å². The zero-order chi connectivity index (χ0) is 17.1. The molecule has 3 aromatic carbocycles. The molecule has 1 aromatic heterocycles. The molecule has 0 N–H and O–H groups in total. The molecule has 4 aromatic rings. The van der Waals surface area contributed by atoms with E-state index in [4.69, 9.17) is 9.72 Å². The van der Waals surface area contributed by atoms with Crippen LogP contribution >= 0.6 is 11.3 Å². The molecule has 0 unspecified atom stereocenters. The van der Waals surface area contributed by atoms with Crippen LogP contribution in [0.2, 0.25) is 0 Å². The zero-order valence-corrected chi connectivity index (χ0v) is 14.7. The third-order valence-electron chi connectivity index (χ3n) is 4.11. The lowest BCUT2D eigenvalue weighted by molar-refractivity contribution is 0.415. The summed E-state index contributed by atoms with van der Waals surface area (Å²) in [7, 11) is 1.68. The van der Waals surface area contributed by atoms with E-state index in [0.717, 1.165) is 27.6 Å². The number of hydrogen-bond donors (Lipinski definition) is 0. The Morgan fingerprint density at radius 2 is 1.44 bits per heavy atom. The van der Waals surface area contributed by atoms with Crippen LogP contribution in [0.15, 0.2) is 84.2 Å². The van der Waals surface area contributed by atoms with Crippen LogP contribution < -0.4 is 4.74 Å². The Labute approximate surface area is 151 Å². The minimum atomic E-state index is 0.857. The molecule has 4 rings (SSSR count). The number of rotatable bonds is 4. The lowest BCUT2D eigenvalue weighted by Crippen LogP contribution is -1.83. The third-order valence-corrected chi connectivity index (χ3v) is 5.00. The Hall–Kier alpha value is -2.91. The van der Waals surface area contributed by atoms with Gasteiger partial charge in [-0.25, -0.2) is 4.98 Å². The van der Waals surface area contributed by atoms with E-state index in [1.807, 2.05) is 30.3 Å². The van der Waals surface area contributed by atoms with Crippen molar-refractivity contribution in [2.24, 2.45) is 0 Å². The van der Waals surface area contributed by atoms with Gasteiger partial charge < -0.3 is 4.74 Å². The summed E-state index contributed by atoms with van der Waals surface area (Å²) in [4.78, 5) is 4.82. The molecule has 3 heteroatoms. The number of ether oxygens (including phenoxy) is 1. The first-order chi connectivity index (χ1) is 12.3. The predicted molar refractivity (Wildman–Crippen MR) is 105 cm³/mol. The second-order valence-corrected chi connectivity index (χ2v) is 6.57. The maximum absolute atomic E-state index is 5.22. The molecule has 0 saturated heterocycles. The van der Waals surface area contributed by atoms with Gasteiger partial charge in [-0.2, -0.15) is 0 Å². The number of hydrogen-bond acceptors (Lipinski definition) is 3. The van der Waals surface area contributed by atoms with Crippen molar-refractivity contribution in [3.05, 3.63) is 84.2 Å². The van der Waals surface area contributed by atoms with E-state index >= 15 is 0 Å². The van der Waals surface area contributed by atoms with Gasteiger partial charge in [-0.15, -0.1) is 11.3 Å². The molecule has 122 valence electrons. The summed E-state index contributed by atoms with van der Waals surface area (Å²) >= 11 is 1.66. The van der Waals surface area contributed by atoms with Gasteiger partial charge in [-0.3, -0.25) is 0 Å². The highest BCUT2D eigenvalue weighted by Crippen LogP contribution is 2.31. The van der Waals surface area contributed by atoms with Gasteiger partial charge in [0.1, 0.15) is 10.8 Å². The molecule has 1 heterocycles. The molecule has 25 heavy (non-hydrogen) atoms. The van der Waals surface area contributed by atoms with E-state index < -0.39 is 0 Å². The number of nitrogens with zero attached hydrogens (tertiary/aromatic N) is 1. The number of methoxy groups -OCH3 is 1. The van der Waals surface area contributed by atoms with Gasteiger partial charge >= 0.3 is 0 Å². The Balaban J connectivity index is 1.66. The van der Waals surface area contributed by atoms with Gasteiger partial charge in [-0.1, -0.05) is 48.5 Å². The van der Waals surface area contributed by atoms with E-state index in [1.54, 1.807) is 18.4 Å². The molecule has 0 aliphatic carbocycles. The molecule has 0 atom stereocenters. The first-order valence-corrected chi connectivity index (χ1v) is 8.97. The summed E-state index contributed by atoms with van der Waals surface area (Å²) < 4.78 is 5.22. The summed E-state index contributed by atoms with van der Waals surface area (Å²) in [5.41, 5.74) is 5.68. The first kappa shape index (κ1) is 15.6. The number of thiazole rings is 1. The van der Waals surface area contributed by atoms with E-state index in [0.29, 0.717) is 0 Å². The van der Waals surface area contributed by atoms with Crippen molar-refractivity contribution >= 4 is 11.3 Å². The zero-order valence-electron chi connectivity index (χ0n) is 13.8. The van der Waals surface area contributed by atoms with Gasteiger partial charge in [0.2, 0.25) is 0 Å². The Kier molecular flexibility index (Phi) is 4.32. The Bertz CT molecular complexity index is 974. The highest BCUT2D eigenvalue weighted by Gasteiger charge is 2.08. The molecule has 0 saturated carbocycles. The van der Waals surface area contributed by atoms with E-state index in [9.17, 15) is 0 Å². The van der Waals surface area contributed by atoms with Crippen molar-refractivity contribution in [3.8, 4) is 38.7 Å². The van der Waals surface area contributed by atoms with Gasteiger partial charge in [0.15, 0.2) is 0 Å². The molecule has 0 amide bonds. The normalized spacial score (nSPS) is 10.6. The quantitative estimate of drug-likeness (QED) is 0.443. The predicted octanol–water partition coefficient (Wildman–Crippen LogP) is 6.15. The Morgan fingerprint density at radius 3 is 2.20 bits per heavy atom. The highest BCUT2D eigenvalue weighted by atomic mass is 32.1. The second kappa shape index (κ2) is 6.91. The van der Waals surface area contributed by atoms with Crippen molar-refractivity contribution in [1.82, 2.24) is 4.98 Å². The Morgan fingerprint density at radius 1 is 0.720 bits per heavy atom. The standard InChI is InChI=1S/C22H17NOS/c1-24-20-12-10-17(11-13-20)22-23-21(15-25-22)19-9-5-8-18(14-19)16-6-3-2-4-7-16/h2-15H,1H3. The average Bonchev–Trinajstić information content (AvgIpc) is 3.19. The van der Waals surface area contributed by atoms with Crippen molar-refractivity contribution in [2.75, 3.05) is 7.11 Å². The smallest absolute Gasteiger partial charge is 0.124 e. The summed E-state index contributed by atoms with van der Waals surface area (Å²) in [6.07, 6.45) is 0. The maximum atomic E-state index is 5.22. The fourth-order valence-electron chi connectivity index (χ4n) is 2.76. The molecule has 0 aliphatic rings. The van der Waals surface area contributed by atoms with Gasteiger partial charge in [0, 0.05) is 16.5 Å². The third kappa shape index (κ3) is 3.32. The van der Waals surface area contributed by atoms with Gasteiger partial charge in [0.25, 0.3) is 0 Å². The molecule has 0 fully saturated rings. The monoisotopic (exact) mass is 343 g/mol. The number of benzene rings is 3. The van der Waals surface area contributed by atoms with E-state index in [2.05, 4.69) is 53.9 Å². The van der Waals surface area contributed by atoms with Crippen LogP contribution in [-0.4, -0.2) is 12.1 Å². The molecule has 2 nitrogen and oxygen atoms in total. The molecular weight excluding hydrogens is 326 g/mol. The summed E-state index contributed by atoms with van der Waals surface area (Å²) in [5, 5.41) is 3.13. The summed E-state index contributed by atoms with van der Waals surface area (Å²) in [6, 6.07) is 27.0. The molecular formula is C22H17NOS. The topological polar surface area (TPSA) is 22.1 Å². The fraction of sp³-hybridized carbons (Fsp3) is 0.0455. The lowest BCUT2D eigenvalue weighted by Gasteiger charge is -2.04. The van der Waals surface area contributed by atoms with Crippen LogP contribution in [0, 0.1) is 0 Å². The first-order valence-electron chi connectivity index (χ1n) is 8.09. The van der Waals surface area contributed by atoms with Crippen LogP contribution in [0.3, 0.4) is 0 Å². The van der Waals surface area contributed by atoms with E-state index in [1.165, 1.54) is 11.1 Å². The highest BCUT2D eigenvalue weighted by molar-refractivity contribution is 7.13. The molecule has 0 radical (unpaired) electrons. The van der Waals surface area contributed by atoms with Gasteiger partial charge in [-0.05, 0) is 41.5 Å². The second-order valence-electron chi connectivity index (χ2n) is 5.71. The largest absolute Gasteiger partial charge is 0.497 e. The minimum absolute atomic E-state index is 0.857. The number of aromatic nitrogens is 1. The minimum Gasteiger partial charge on any atom is -0.497 e. The molecule has 0 bridgehead atoms. The van der Waals surface area contributed by atoms with Crippen molar-refractivity contribution in [2.45, 2.75) is 0 Å². The van der Waals surface area contributed by atoms with Gasteiger partial charge in [0.05, 0.1) is 12.8 Å². The SMILES string of the molecule is COc1ccc(-c2nc(-c3cccc(-c4ccccc4)c3)cs2)cc1. The lowest BCUT2D eigenvalue weighted by atomic mass is 10.0. The van der Waals surface area contributed by atoms with Crippen LogP contribution in [0.5, 0.6) is 5.75 Å². The average molecular weight is 343 g/mol. The summed E-state index contributed by atoms with van der Waals surface area (Å²) in [5.74, 6) is 0.857. The van der Waals surface area contributed by atoms with E-state index in [-0.39, 0.29) is 0 Å². The van der Waals surface area contributed by atoms with Crippen molar-refractivity contribution < 1.29 is 4.74 Å². The molecule has 0 aliphatic heterocycles. The van der Waals surface area contributed by atoms with Crippen LogP contribution in [0.1, 0.15) is 0 Å². The maximum Gasteiger partial charge on any atom is 0.124 e. The molecule has 0 spiro atoms. The van der Waals surface area contributed by atoms with Crippen LogP contribution in [0.4, 0.5) is 0 Å². The summed E-state index contributed by atoms with van der Waals surface area (Å²) in [6.45, 7) is 0. The van der Waals surface area contributed by atoms with Crippen LogP contribution in [0.25, 0.3) is 33.0 Å². The van der Waals surface area contributed by atoms with Crippen molar-refractivity contribution in [1.29, 1.82) is 0 Å². The fourth-order valence-corrected chi connectivity index (χ4v) is 3.60.